The first-order valence-corrected chi connectivity index (χ1v) is 10.4. The lowest BCUT2D eigenvalue weighted by Crippen LogP contribution is -2.62. The zero-order chi connectivity index (χ0) is 22.7. The van der Waals surface area contributed by atoms with Gasteiger partial charge in [0.1, 0.15) is 11.6 Å². The van der Waals surface area contributed by atoms with E-state index in [9.17, 15) is 18.4 Å². The molecule has 2 saturated heterocycles. The summed E-state index contributed by atoms with van der Waals surface area (Å²) in [5.41, 5.74) is 2.98. The quantitative estimate of drug-likeness (QED) is 0.370. The van der Waals surface area contributed by atoms with E-state index >= 15 is 0 Å². The molecule has 1 atom stereocenters. The fraction of sp³-hybridized carbons (Fsp3) is 0.364. The lowest BCUT2D eigenvalue weighted by molar-refractivity contribution is -0.0812. The number of ether oxygens (including phenoxy) is 1. The number of hydrazine groups is 1. The highest BCUT2D eigenvalue weighted by Gasteiger charge is 2.36. The lowest BCUT2D eigenvalue weighted by Gasteiger charge is -2.46. The first-order valence-electron chi connectivity index (χ1n) is 10.4. The van der Waals surface area contributed by atoms with Crippen LogP contribution in [0.15, 0.2) is 42.5 Å². The molecule has 2 heterocycles. The van der Waals surface area contributed by atoms with Gasteiger partial charge in [-0.05, 0) is 48.4 Å². The molecule has 0 aliphatic carbocycles. The summed E-state index contributed by atoms with van der Waals surface area (Å²) in [6, 6.07) is 9.38. The normalized spacial score (nSPS) is 19.3. The maximum atomic E-state index is 14.7. The topological polar surface area (TPSA) is 99.9 Å². The van der Waals surface area contributed by atoms with Crippen molar-refractivity contribution in [1.82, 2.24) is 15.2 Å². The molecular weight excluding hydrogens is 420 g/mol. The summed E-state index contributed by atoms with van der Waals surface area (Å²) in [4.78, 5) is 28.6. The third-order valence-electron chi connectivity index (χ3n) is 5.91. The van der Waals surface area contributed by atoms with Gasteiger partial charge in [0.05, 0.1) is 25.3 Å². The number of halogens is 2. The van der Waals surface area contributed by atoms with Gasteiger partial charge in [0.15, 0.2) is 0 Å². The number of nitrogens with zero attached hydrogens (tertiary/aromatic N) is 2. The Hall–Kier alpha value is -3.08. The number of nitrogen functional groups attached to an aromatic ring is 1. The van der Waals surface area contributed by atoms with Gasteiger partial charge in [0.25, 0.3) is 5.91 Å². The first kappa shape index (κ1) is 22.1. The van der Waals surface area contributed by atoms with Crippen molar-refractivity contribution in [3.8, 4) is 0 Å². The van der Waals surface area contributed by atoms with Crippen LogP contribution in [0.4, 0.5) is 19.3 Å². The van der Waals surface area contributed by atoms with Crippen LogP contribution in [-0.4, -0.2) is 66.7 Å². The zero-order valence-corrected chi connectivity index (χ0v) is 17.4. The third-order valence-corrected chi connectivity index (χ3v) is 5.91. The molecule has 3 amide bonds. The van der Waals surface area contributed by atoms with Gasteiger partial charge in [-0.3, -0.25) is 15.1 Å². The molecule has 10 heteroatoms. The second-order valence-corrected chi connectivity index (χ2v) is 7.95. The minimum absolute atomic E-state index is 0.122. The largest absolute Gasteiger partial charge is 0.378 e. The number of urea groups is 1. The van der Waals surface area contributed by atoms with Gasteiger partial charge in [-0.2, -0.15) is 0 Å². The van der Waals surface area contributed by atoms with Crippen molar-refractivity contribution in [1.29, 1.82) is 0 Å². The number of hydrogen-bond acceptors (Lipinski definition) is 5. The standard InChI is InChI=1S/C22H25F2N5O3/c23-16-3-5-17(6-4-16)26-22(31)29-8-7-28(19-12-32-13-19)11-18(29)9-14-1-2-15(10-20(14)24)21(30)27-25/h1-6,10,18-19H,7-9,11-13,25H2,(H,26,31)(H,27,30). The number of nitrogens with one attached hydrogen (secondary N) is 2. The number of rotatable bonds is 5. The molecule has 2 aliphatic heterocycles. The number of carbonyl (C=O) groups is 2. The molecule has 2 fully saturated rings. The Balaban J connectivity index is 1.52. The molecule has 2 aromatic rings. The number of carbonyl (C=O) groups excluding carboxylic acids is 2. The van der Waals surface area contributed by atoms with Crippen LogP contribution < -0.4 is 16.6 Å². The minimum atomic E-state index is -0.579. The molecule has 0 saturated carbocycles. The van der Waals surface area contributed by atoms with E-state index in [1.54, 1.807) is 11.0 Å². The zero-order valence-electron chi connectivity index (χ0n) is 17.4. The van der Waals surface area contributed by atoms with Crippen molar-refractivity contribution in [3.05, 3.63) is 65.2 Å². The Labute approximate surface area is 184 Å². The van der Waals surface area contributed by atoms with E-state index in [2.05, 4.69) is 10.2 Å². The molecule has 4 rings (SSSR count). The van der Waals surface area contributed by atoms with Crippen LogP contribution >= 0.6 is 0 Å². The van der Waals surface area contributed by atoms with Crippen molar-refractivity contribution in [2.75, 3.05) is 38.2 Å². The number of amides is 3. The molecule has 2 aliphatic rings. The third kappa shape index (κ3) is 4.87. The summed E-state index contributed by atoms with van der Waals surface area (Å²) in [5, 5.41) is 2.79. The number of benzene rings is 2. The van der Waals surface area contributed by atoms with Crippen molar-refractivity contribution in [2.24, 2.45) is 5.84 Å². The summed E-state index contributed by atoms with van der Waals surface area (Å²) in [5.74, 6) is 3.62. The Kier molecular flexibility index (Phi) is 6.63. The van der Waals surface area contributed by atoms with E-state index in [0.717, 1.165) is 6.07 Å². The van der Waals surface area contributed by atoms with E-state index in [0.29, 0.717) is 50.1 Å². The van der Waals surface area contributed by atoms with E-state index < -0.39 is 11.7 Å². The van der Waals surface area contributed by atoms with Gasteiger partial charge in [-0.15, -0.1) is 0 Å². The molecular formula is C22H25F2N5O3. The highest BCUT2D eigenvalue weighted by atomic mass is 19.1. The average Bonchev–Trinajstić information content (AvgIpc) is 2.75. The van der Waals surface area contributed by atoms with Crippen LogP contribution in [0.1, 0.15) is 15.9 Å². The van der Waals surface area contributed by atoms with E-state index in [-0.39, 0.29) is 29.9 Å². The van der Waals surface area contributed by atoms with Gasteiger partial charge in [0.2, 0.25) is 0 Å². The summed E-state index contributed by atoms with van der Waals surface area (Å²) in [6.07, 6.45) is 0.275. The monoisotopic (exact) mass is 445 g/mol. The molecule has 8 nitrogen and oxygen atoms in total. The smallest absolute Gasteiger partial charge is 0.322 e. The van der Waals surface area contributed by atoms with Crippen molar-refractivity contribution < 1.29 is 23.1 Å². The Bertz CT molecular complexity index is 984. The molecule has 0 bridgehead atoms. The fourth-order valence-corrected chi connectivity index (χ4v) is 4.01. The van der Waals surface area contributed by atoms with Gasteiger partial charge in [-0.1, -0.05) is 6.07 Å². The van der Waals surface area contributed by atoms with Gasteiger partial charge < -0.3 is 15.0 Å². The van der Waals surface area contributed by atoms with Crippen molar-refractivity contribution in [3.63, 3.8) is 0 Å². The maximum Gasteiger partial charge on any atom is 0.322 e. The summed E-state index contributed by atoms with van der Waals surface area (Å²) >= 11 is 0. The highest BCUT2D eigenvalue weighted by Crippen LogP contribution is 2.23. The summed E-state index contributed by atoms with van der Waals surface area (Å²) in [6.45, 7) is 3.00. The molecule has 0 spiro atoms. The van der Waals surface area contributed by atoms with E-state index in [1.807, 2.05) is 5.43 Å². The Morgan fingerprint density at radius 2 is 1.84 bits per heavy atom. The predicted octanol–water partition coefficient (Wildman–Crippen LogP) is 1.73. The summed E-state index contributed by atoms with van der Waals surface area (Å²) < 4.78 is 33.2. The number of nitrogens with two attached hydrogens (primary N) is 1. The number of piperazine rings is 1. The molecule has 2 aromatic carbocycles. The Morgan fingerprint density at radius 1 is 1.09 bits per heavy atom. The average molecular weight is 445 g/mol. The fourth-order valence-electron chi connectivity index (χ4n) is 4.01. The van der Waals surface area contributed by atoms with E-state index in [4.69, 9.17) is 10.6 Å². The molecule has 1 unspecified atom stereocenters. The first-order chi connectivity index (χ1) is 15.4. The van der Waals surface area contributed by atoms with Crippen molar-refractivity contribution in [2.45, 2.75) is 18.5 Å². The molecule has 32 heavy (non-hydrogen) atoms. The second-order valence-electron chi connectivity index (χ2n) is 7.95. The predicted molar refractivity (Wildman–Crippen MR) is 114 cm³/mol. The Morgan fingerprint density at radius 3 is 2.47 bits per heavy atom. The van der Waals surface area contributed by atoms with Crippen LogP contribution in [0.2, 0.25) is 0 Å². The van der Waals surface area contributed by atoms with Crippen LogP contribution in [0.3, 0.4) is 0 Å². The number of hydrogen-bond donors (Lipinski definition) is 3. The SMILES string of the molecule is NNC(=O)c1ccc(CC2CN(C3COC3)CCN2C(=O)Nc2ccc(F)cc2)c(F)c1. The second kappa shape index (κ2) is 9.60. The van der Waals surface area contributed by atoms with Crippen LogP contribution in [0.5, 0.6) is 0 Å². The van der Waals surface area contributed by atoms with E-state index in [1.165, 1.54) is 30.3 Å². The molecule has 0 aromatic heterocycles. The van der Waals surface area contributed by atoms with Crippen LogP contribution in [0, 0.1) is 11.6 Å². The highest BCUT2D eigenvalue weighted by molar-refractivity contribution is 5.93. The maximum absolute atomic E-state index is 14.7. The summed E-state index contributed by atoms with van der Waals surface area (Å²) in [7, 11) is 0. The van der Waals surface area contributed by atoms with Gasteiger partial charge >= 0.3 is 6.03 Å². The lowest BCUT2D eigenvalue weighted by atomic mass is 9.99. The number of anilines is 1. The minimum Gasteiger partial charge on any atom is -0.378 e. The molecule has 170 valence electrons. The molecule has 0 radical (unpaired) electrons. The van der Waals surface area contributed by atoms with Crippen LogP contribution in [-0.2, 0) is 11.2 Å². The van der Waals surface area contributed by atoms with Gasteiger partial charge in [0, 0.05) is 30.9 Å². The van der Waals surface area contributed by atoms with Crippen molar-refractivity contribution >= 4 is 17.6 Å². The van der Waals surface area contributed by atoms with Gasteiger partial charge in [-0.25, -0.2) is 19.4 Å². The molecule has 4 N–H and O–H groups in total. The van der Waals surface area contributed by atoms with Crippen LogP contribution in [0.25, 0.3) is 0 Å².